The topological polar surface area (TPSA) is 52.6 Å². The fraction of sp³-hybridized carbons (Fsp3) is 0.417. The van der Waals surface area contributed by atoms with Crippen molar-refractivity contribution in [1.29, 1.82) is 0 Å². The smallest absolute Gasteiger partial charge is 0.239 e. The molecular weight excluding hydrogens is 223 g/mol. The fourth-order valence-electron chi connectivity index (χ4n) is 1.50. The summed E-state index contributed by atoms with van der Waals surface area (Å²) in [6, 6.07) is 6.34. The van der Waals surface area contributed by atoms with Crippen molar-refractivity contribution in [3.63, 3.8) is 0 Å². The van der Waals surface area contributed by atoms with Crippen LogP contribution in [-0.2, 0) is 4.79 Å². The maximum atomic E-state index is 13.5. The first kappa shape index (κ1) is 13.4. The molecule has 1 aromatic rings. The molecule has 5 heteroatoms. The molecule has 0 atom stereocenters. The molecule has 4 nitrogen and oxygen atoms in total. The Kier molecular flexibility index (Phi) is 5.42. The van der Waals surface area contributed by atoms with Crippen LogP contribution in [0.25, 0.3) is 0 Å². The number of amides is 1. The second-order valence-corrected chi connectivity index (χ2v) is 3.54. The number of para-hydroxylation sites is 1. The third-order valence-corrected chi connectivity index (χ3v) is 2.34. The molecule has 1 amide bonds. The number of nitrogens with one attached hydrogen (secondary N) is 1. The van der Waals surface area contributed by atoms with Crippen molar-refractivity contribution in [2.45, 2.75) is 6.92 Å². The summed E-state index contributed by atoms with van der Waals surface area (Å²) < 4.78 is 13.5. The van der Waals surface area contributed by atoms with E-state index in [1.54, 1.807) is 23.1 Å². The first-order valence-electron chi connectivity index (χ1n) is 5.56. The van der Waals surface area contributed by atoms with Crippen molar-refractivity contribution >= 4 is 11.6 Å². The molecule has 0 fully saturated rings. The van der Waals surface area contributed by atoms with E-state index >= 15 is 0 Å². The molecule has 1 aromatic carbocycles. The van der Waals surface area contributed by atoms with Gasteiger partial charge < -0.3 is 15.3 Å². The second kappa shape index (κ2) is 6.85. The first-order valence-corrected chi connectivity index (χ1v) is 5.56. The number of hydrogen-bond donors (Lipinski definition) is 2. The van der Waals surface area contributed by atoms with Crippen molar-refractivity contribution in [1.82, 2.24) is 5.32 Å². The average molecular weight is 240 g/mol. The highest BCUT2D eigenvalue weighted by Crippen LogP contribution is 2.17. The van der Waals surface area contributed by atoms with Crippen LogP contribution in [-0.4, -0.2) is 37.3 Å². The Morgan fingerprint density at radius 3 is 2.76 bits per heavy atom. The van der Waals surface area contributed by atoms with E-state index in [4.69, 9.17) is 5.11 Å². The predicted molar refractivity (Wildman–Crippen MR) is 64.4 cm³/mol. The van der Waals surface area contributed by atoms with Crippen LogP contribution in [0.1, 0.15) is 6.92 Å². The van der Waals surface area contributed by atoms with Crippen LogP contribution in [0.2, 0.25) is 0 Å². The van der Waals surface area contributed by atoms with Gasteiger partial charge in [0.15, 0.2) is 0 Å². The summed E-state index contributed by atoms with van der Waals surface area (Å²) in [4.78, 5) is 13.1. The number of benzene rings is 1. The summed E-state index contributed by atoms with van der Waals surface area (Å²) in [6.45, 7) is 2.59. The number of carbonyl (C=O) groups is 1. The lowest BCUT2D eigenvalue weighted by Crippen LogP contribution is -2.38. The summed E-state index contributed by atoms with van der Waals surface area (Å²) in [5.41, 5.74) is 0.411. The lowest BCUT2D eigenvalue weighted by molar-refractivity contribution is -0.119. The van der Waals surface area contributed by atoms with E-state index in [1.807, 2.05) is 6.92 Å². The van der Waals surface area contributed by atoms with Gasteiger partial charge in [0, 0.05) is 13.1 Å². The maximum absolute atomic E-state index is 13.5. The second-order valence-electron chi connectivity index (χ2n) is 3.54. The molecule has 0 heterocycles. The number of rotatable bonds is 6. The van der Waals surface area contributed by atoms with E-state index in [-0.39, 0.29) is 31.4 Å². The molecule has 0 saturated carbocycles. The van der Waals surface area contributed by atoms with Crippen LogP contribution in [0.5, 0.6) is 0 Å². The predicted octanol–water partition coefficient (Wildman–Crippen LogP) is 0.760. The zero-order valence-electron chi connectivity index (χ0n) is 9.82. The van der Waals surface area contributed by atoms with Crippen molar-refractivity contribution in [2.75, 3.05) is 31.1 Å². The zero-order chi connectivity index (χ0) is 12.7. The number of aliphatic hydroxyl groups is 1. The number of hydrogen-bond acceptors (Lipinski definition) is 3. The SMILES string of the molecule is CCN(CC(=O)NCCO)c1ccccc1F. The summed E-state index contributed by atoms with van der Waals surface area (Å²) >= 11 is 0. The summed E-state index contributed by atoms with van der Waals surface area (Å²) in [5.74, 6) is -0.575. The van der Waals surface area contributed by atoms with E-state index in [1.165, 1.54) is 6.07 Å². The number of nitrogens with zero attached hydrogens (tertiary/aromatic N) is 1. The van der Waals surface area contributed by atoms with Crippen LogP contribution < -0.4 is 10.2 Å². The number of aliphatic hydroxyl groups excluding tert-OH is 1. The summed E-state index contributed by atoms with van der Waals surface area (Å²) in [7, 11) is 0. The van der Waals surface area contributed by atoms with Gasteiger partial charge >= 0.3 is 0 Å². The highest BCUT2D eigenvalue weighted by Gasteiger charge is 2.12. The van der Waals surface area contributed by atoms with Gasteiger partial charge in [0.1, 0.15) is 5.82 Å². The fourth-order valence-corrected chi connectivity index (χ4v) is 1.50. The molecule has 0 saturated heterocycles. The van der Waals surface area contributed by atoms with Gasteiger partial charge in [0.05, 0.1) is 18.8 Å². The monoisotopic (exact) mass is 240 g/mol. The molecule has 0 aromatic heterocycles. The standard InChI is InChI=1S/C12H17FN2O2/c1-2-15(9-12(17)14-7-8-16)11-6-4-3-5-10(11)13/h3-6,16H,2,7-9H2,1H3,(H,14,17). The van der Waals surface area contributed by atoms with E-state index in [9.17, 15) is 9.18 Å². The Morgan fingerprint density at radius 2 is 2.18 bits per heavy atom. The molecule has 0 unspecified atom stereocenters. The summed E-state index contributed by atoms with van der Waals surface area (Å²) in [5, 5.41) is 11.1. The zero-order valence-corrected chi connectivity index (χ0v) is 9.82. The Labute approximate surface area is 100 Å². The molecule has 1 rings (SSSR count). The molecular formula is C12H17FN2O2. The van der Waals surface area contributed by atoms with E-state index in [0.717, 1.165) is 0 Å². The van der Waals surface area contributed by atoms with Gasteiger partial charge in [-0.15, -0.1) is 0 Å². The minimum atomic E-state index is -0.343. The Hall–Kier alpha value is -1.62. The van der Waals surface area contributed by atoms with Gasteiger partial charge in [-0.2, -0.15) is 0 Å². The van der Waals surface area contributed by atoms with E-state index in [2.05, 4.69) is 5.32 Å². The van der Waals surface area contributed by atoms with Crippen molar-refractivity contribution in [3.05, 3.63) is 30.1 Å². The molecule has 17 heavy (non-hydrogen) atoms. The molecule has 0 aliphatic rings. The van der Waals surface area contributed by atoms with E-state index in [0.29, 0.717) is 12.2 Å². The van der Waals surface area contributed by atoms with Crippen molar-refractivity contribution < 1.29 is 14.3 Å². The molecule has 2 N–H and O–H groups in total. The van der Waals surface area contributed by atoms with Crippen LogP contribution in [0.4, 0.5) is 10.1 Å². The van der Waals surface area contributed by atoms with E-state index < -0.39 is 0 Å². The quantitative estimate of drug-likeness (QED) is 0.772. The van der Waals surface area contributed by atoms with Crippen LogP contribution in [0.15, 0.2) is 24.3 Å². The molecule has 0 aliphatic heterocycles. The Bertz CT molecular complexity index is 371. The number of likely N-dealkylation sites (N-methyl/N-ethyl adjacent to an activating group) is 1. The van der Waals surface area contributed by atoms with Crippen LogP contribution in [0, 0.1) is 5.82 Å². The maximum Gasteiger partial charge on any atom is 0.239 e. The molecule has 0 aliphatic carbocycles. The Morgan fingerprint density at radius 1 is 1.47 bits per heavy atom. The van der Waals surface area contributed by atoms with Crippen LogP contribution in [0.3, 0.4) is 0 Å². The lowest BCUT2D eigenvalue weighted by Gasteiger charge is -2.22. The molecule has 94 valence electrons. The average Bonchev–Trinajstić information content (AvgIpc) is 2.34. The Balaban J connectivity index is 2.66. The third-order valence-electron chi connectivity index (χ3n) is 2.34. The highest BCUT2D eigenvalue weighted by atomic mass is 19.1. The minimum Gasteiger partial charge on any atom is -0.395 e. The van der Waals surface area contributed by atoms with Crippen molar-refractivity contribution in [2.24, 2.45) is 0 Å². The minimum absolute atomic E-state index is 0.0808. The largest absolute Gasteiger partial charge is 0.395 e. The van der Waals surface area contributed by atoms with Gasteiger partial charge in [0.25, 0.3) is 0 Å². The van der Waals surface area contributed by atoms with Gasteiger partial charge in [-0.1, -0.05) is 12.1 Å². The van der Waals surface area contributed by atoms with Gasteiger partial charge in [0.2, 0.25) is 5.91 Å². The van der Waals surface area contributed by atoms with Gasteiger partial charge in [-0.05, 0) is 19.1 Å². The normalized spacial score (nSPS) is 10.1. The third kappa shape index (κ3) is 4.03. The molecule has 0 spiro atoms. The van der Waals surface area contributed by atoms with Crippen LogP contribution >= 0.6 is 0 Å². The van der Waals surface area contributed by atoms with Crippen molar-refractivity contribution in [3.8, 4) is 0 Å². The lowest BCUT2D eigenvalue weighted by atomic mass is 10.2. The molecule has 0 radical (unpaired) electrons. The summed E-state index contributed by atoms with van der Waals surface area (Å²) in [6.07, 6.45) is 0. The highest BCUT2D eigenvalue weighted by molar-refractivity contribution is 5.81. The van der Waals surface area contributed by atoms with Gasteiger partial charge in [-0.25, -0.2) is 4.39 Å². The number of anilines is 1. The van der Waals surface area contributed by atoms with Gasteiger partial charge in [-0.3, -0.25) is 4.79 Å². The molecule has 0 bridgehead atoms. The number of carbonyl (C=O) groups excluding carboxylic acids is 1. The number of halogens is 1. The first-order chi connectivity index (χ1) is 8.19.